The standard InChI is InChI=1S/C15H13N/c1-11-14-8-7-13(10-15(14)16-11)9-12-5-3-2-4-6-12/h2-8,10H,9H2,1H3. The Balaban J connectivity index is 1.86. The second kappa shape index (κ2) is 3.60. The van der Waals surface area contributed by atoms with Crippen molar-refractivity contribution in [1.29, 1.82) is 0 Å². The predicted molar refractivity (Wildman–Crippen MR) is 67.6 cm³/mol. The quantitative estimate of drug-likeness (QED) is 0.711. The lowest BCUT2D eigenvalue weighted by Gasteiger charge is -2.16. The highest BCUT2D eigenvalue weighted by Gasteiger charge is 2.14. The monoisotopic (exact) mass is 207 g/mol. The molecule has 0 radical (unpaired) electrons. The van der Waals surface area contributed by atoms with Gasteiger partial charge in [0.1, 0.15) is 0 Å². The fourth-order valence-electron chi connectivity index (χ4n) is 2.11. The third-order valence-corrected chi connectivity index (χ3v) is 2.99. The number of hydrogen-bond acceptors (Lipinski definition) is 1. The molecule has 0 amide bonds. The molecule has 1 nitrogen and oxygen atoms in total. The van der Waals surface area contributed by atoms with Gasteiger partial charge in [0.05, 0.1) is 5.69 Å². The molecule has 0 atom stereocenters. The Morgan fingerprint density at radius 2 is 1.75 bits per heavy atom. The van der Waals surface area contributed by atoms with Gasteiger partial charge in [0, 0.05) is 11.3 Å². The van der Waals surface area contributed by atoms with Crippen molar-refractivity contribution in [3.05, 3.63) is 65.2 Å². The summed E-state index contributed by atoms with van der Waals surface area (Å²) in [7, 11) is 0. The van der Waals surface area contributed by atoms with E-state index in [2.05, 4.69) is 60.4 Å². The number of fused-ring (bicyclic) bond motifs is 1. The zero-order valence-corrected chi connectivity index (χ0v) is 9.27. The van der Waals surface area contributed by atoms with E-state index in [0.717, 1.165) is 17.8 Å². The van der Waals surface area contributed by atoms with Gasteiger partial charge in [-0.05, 0) is 30.5 Å². The van der Waals surface area contributed by atoms with E-state index in [4.69, 9.17) is 0 Å². The van der Waals surface area contributed by atoms with E-state index in [0.29, 0.717) is 0 Å². The maximum absolute atomic E-state index is 4.40. The van der Waals surface area contributed by atoms with Gasteiger partial charge >= 0.3 is 0 Å². The summed E-state index contributed by atoms with van der Waals surface area (Å²) in [6.45, 7) is 2.05. The van der Waals surface area contributed by atoms with Gasteiger partial charge in [-0.2, -0.15) is 0 Å². The lowest BCUT2D eigenvalue weighted by Crippen LogP contribution is -2.04. The van der Waals surface area contributed by atoms with Gasteiger partial charge < -0.3 is 0 Å². The summed E-state index contributed by atoms with van der Waals surface area (Å²) in [5.41, 5.74) is 6.28. The van der Waals surface area contributed by atoms with Crippen LogP contribution in [0.5, 0.6) is 0 Å². The van der Waals surface area contributed by atoms with Crippen molar-refractivity contribution in [2.45, 2.75) is 13.3 Å². The van der Waals surface area contributed by atoms with Crippen LogP contribution in [0.4, 0.5) is 5.69 Å². The minimum atomic E-state index is 0.989. The van der Waals surface area contributed by atoms with Crippen LogP contribution in [0, 0.1) is 0 Å². The molecule has 1 heteroatoms. The van der Waals surface area contributed by atoms with Crippen molar-refractivity contribution in [1.82, 2.24) is 0 Å². The Hall–Kier alpha value is -1.89. The molecule has 0 saturated heterocycles. The van der Waals surface area contributed by atoms with E-state index in [9.17, 15) is 0 Å². The Morgan fingerprint density at radius 1 is 0.938 bits per heavy atom. The first kappa shape index (κ1) is 9.34. The SMILES string of the molecule is CC1=Nc2cc(Cc3ccccc3)ccc21. The summed E-state index contributed by atoms with van der Waals surface area (Å²) in [5, 5.41) is 0. The van der Waals surface area contributed by atoms with Gasteiger partial charge in [0.15, 0.2) is 0 Å². The first-order valence-corrected chi connectivity index (χ1v) is 5.55. The molecule has 0 unspecified atom stereocenters. The van der Waals surface area contributed by atoms with Gasteiger partial charge in [-0.3, -0.25) is 4.99 Å². The summed E-state index contributed by atoms with van der Waals surface area (Å²) >= 11 is 0. The molecular formula is C15H13N. The second-order valence-electron chi connectivity index (χ2n) is 4.21. The zero-order valence-electron chi connectivity index (χ0n) is 9.27. The van der Waals surface area contributed by atoms with E-state index in [1.165, 1.54) is 16.7 Å². The Morgan fingerprint density at radius 3 is 2.44 bits per heavy atom. The van der Waals surface area contributed by atoms with E-state index in [1.54, 1.807) is 0 Å². The van der Waals surface area contributed by atoms with Crippen molar-refractivity contribution in [3.8, 4) is 0 Å². The summed E-state index contributed by atoms with van der Waals surface area (Å²) in [5.74, 6) is 0. The molecule has 0 N–H and O–H groups in total. The van der Waals surface area contributed by atoms with Crippen LogP contribution in [0.3, 0.4) is 0 Å². The van der Waals surface area contributed by atoms with Crippen LogP contribution in [-0.2, 0) is 6.42 Å². The number of nitrogens with zero attached hydrogens (tertiary/aromatic N) is 1. The van der Waals surface area contributed by atoms with Gasteiger partial charge in [-0.15, -0.1) is 0 Å². The van der Waals surface area contributed by atoms with Crippen LogP contribution in [0.15, 0.2) is 53.5 Å². The largest absolute Gasteiger partial charge is 0.252 e. The molecule has 0 saturated carbocycles. The fourth-order valence-corrected chi connectivity index (χ4v) is 2.11. The van der Waals surface area contributed by atoms with Crippen LogP contribution in [0.25, 0.3) is 0 Å². The summed E-state index contributed by atoms with van der Waals surface area (Å²) in [6.07, 6.45) is 0.989. The molecule has 0 aliphatic carbocycles. The number of hydrogen-bond donors (Lipinski definition) is 0. The number of aliphatic imine (C=N–C) groups is 1. The van der Waals surface area contributed by atoms with E-state index in [1.807, 2.05) is 0 Å². The first-order chi connectivity index (χ1) is 7.83. The van der Waals surface area contributed by atoms with Crippen molar-refractivity contribution in [2.24, 2.45) is 4.99 Å². The highest BCUT2D eigenvalue weighted by molar-refractivity contribution is 6.11. The molecule has 0 spiro atoms. The second-order valence-corrected chi connectivity index (χ2v) is 4.21. The molecule has 0 aromatic heterocycles. The Bertz CT molecular complexity index is 553. The molecule has 0 fully saturated rings. The molecule has 1 aliphatic heterocycles. The van der Waals surface area contributed by atoms with E-state index in [-0.39, 0.29) is 0 Å². The first-order valence-electron chi connectivity index (χ1n) is 5.55. The van der Waals surface area contributed by atoms with Crippen molar-refractivity contribution in [3.63, 3.8) is 0 Å². The van der Waals surface area contributed by atoms with E-state index < -0.39 is 0 Å². The third-order valence-electron chi connectivity index (χ3n) is 2.99. The predicted octanol–water partition coefficient (Wildman–Crippen LogP) is 3.73. The van der Waals surface area contributed by atoms with Gasteiger partial charge in [0.25, 0.3) is 0 Å². The molecule has 3 rings (SSSR count). The summed E-state index contributed by atoms with van der Waals surface area (Å²) in [6, 6.07) is 17.1. The smallest absolute Gasteiger partial charge is 0.0726 e. The Labute approximate surface area is 95.5 Å². The van der Waals surface area contributed by atoms with Crippen LogP contribution >= 0.6 is 0 Å². The lowest BCUT2D eigenvalue weighted by molar-refractivity contribution is 1.18. The highest BCUT2D eigenvalue weighted by atomic mass is 14.8. The molecule has 0 bridgehead atoms. The van der Waals surface area contributed by atoms with Crippen molar-refractivity contribution in [2.75, 3.05) is 0 Å². The summed E-state index contributed by atoms with van der Waals surface area (Å²) in [4.78, 5) is 4.40. The highest BCUT2D eigenvalue weighted by Crippen LogP contribution is 2.30. The van der Waals surface area contributed by atoms with Gasteiger partial charge in [-0.25, -0.2) is 0 Å². The average Bonchev–Trinajstić information content (AvgIpc) is 2.29. The minimum Gasteiger partial charge on any atom is -0.252 e. The molecule has 78 valence electrons. The van der Waals surface area contributed by atoms with Crippen molar-refractivity contribution < 1.29 is 0 Å². The van der Waals surface area contributed by atoms with Crippen LogP contribution in [0.1, 0.15) is 23.6 Å². The van der Waals surface area contributed by atoms with Gasteiger partial charge in [-0.1, -0.05) is 42.5 Å². The molecule has 2 aromatic carbocycles. The number of benzene rings is 2. The fraction of sp³-hybridized carbons (Fsp3) is 0.133. The lowest BCUT2D eigenvalue weighted by atomic mass is 9.97. The normalized spacial score (nSPS) is 12.7. The maximum atomic E-state index is 4.40. The summed E-state index contributed by atoms with van der Waals surface area (Å²) < 4.78 is 0. The van der Waals surface area contributed by atoms with Crippen LogP contribution in [-0.4, -0.2) is 5.71 Å². The molecule has 2 aromatic rings. The van der Waals surface area contributed by atoms with Gasteiger partial charge in [0.2, 0.25) is 0 Å². The van der Waals surface area contributed by atoms with E-state index >= 15 is 0 Å². The average molecular weight is 207 g/mol. The molecular weight excluding hydrogens is 194 g/mol. The topological polar surface area (TPSA) is 12.4 Å². The third kappa shape index (κ3) is 1.54. The molecule has 1 aliphatic rings. The number of rotatable bonds is 2. The minimum absolute atomic E-state index is 0.989. The van der Waals surface area contributed by atoms with Crippen LogP contribution < -0.4 is 0 Å². The zero-order chi connectivity index (χ0) is 11.0. The van der Waals surface area contributed by atoms with Crippen molar-refractivity contribution >= 4 is 11.4 Å². The molecule has 1 heterocycles. The van der Waals surface area contributed by atoms with Crippen LogP contribution in [0.2, 0.25) is 0 Å². The Kier molecular flexibility index (Phi) is 2.10. The molecule has 16 heavy (non-hydrogen) atoms. The maximum Gasteiger partial charge on any atom is 0.0726 e.